The van der Waals surface area contributed by atoms with Gasteiger partial charge in [0.05, 0.1) is 0 Å². The van der Waals surface area contributed by atoms with E-state index in [4.69, 9.17) is 5.73 Å². The highest BCUT2D eigenvalue weighted by atomic mass is 16.1. The number of hydrogen-bond acceptors (Lipinski definition) is 3. The summed E-state index contributed by atoms with van der Waals surface area (Å²) in [5, 5.41) is 7.79. The van der Waals surface area contributed by atoms with Gasteiger partial charge in [-0.2, -0.15) is 0 Å². The number of benzene rings is 1. The Morgan fingerprint density at radius 2 is 2.06 bits per heavy atom. The number of primary amides is 1. The number of aromatic nitrogens is 3. The fourth-order valence-electron chi connectivity index (χ4n) is 1.93. The van der Waals surface area contributed by atoms with Crippen LogP contribution >= 0.6 is 0 Å². The van der Waals surface area contributed by atoms with Crippen molar-refractivity contribution in [2.24, 2.45) is 5.73 Å². The molecule has 2 N–H and O–H groups in total. The van der Waals surface area contributed by atoms with Crippen molar-refractivity contribution < 1.29 is 4.79 Å². The van der Waals surface area contributed by atoms with Gasteiger partial charge < -0.3 is 5.73 Å². The van der Waals surface area contributed by atoms with Crippen LogP contribution in [0.25, 0.3) is 16.8 Å². The molecule has 0 aliphatic heterocycles. The zero-order valence-corrected chi connectivity index (χ0v) is 9.45. The second kappa shape index (κ2) is 3.96. The zero-order valence-electron chi connectivity index (χ0n) is 9.45. The minimum atomic E-state index is -0.438. The minimum Gasteiger partial charge on any atom is -0.366 e. The highest BCUT2D eigenvalue weighted by Gasteiger charge is 2.09. The van der Waals surface area contributed by atoms with E-state index < -0.39 is 5.91 Å². The number of nitrogens with zero attached hydrogens (tertiary/aromatic N) is 3. The molecule has 3 rings (SSSR count). The first-order valence-electron chi connectivity index (χ1n) is 5.44. The molecule has 0 fully saturated rings. The predicted octanol–water partition coefficient (Wildman–Crippen LogP) is 1.50. The van der Waals surface area contributed by atoms with Crippen LogP contribution in [0.2, 0.25) is 0 Å². The molecular formula is C13H10N4O. The number of rotatable bonds is 2. The van der Waals surface area contributed by atoms with Gasteiger partial charge in [0.15, 0.2) is 5.65 Å². The lowest BCUT2D eigenvalue weighted by atomic mass is 10.0. The summed E-state index contributed by atoms with van der Waals surface area (Å²) in [5.74, 6) is -0.438. The van der Waals surface area contributed by atoms with Crippen molar-refractivity contribution in [1.82, 2.24) is 14.6 Å². The molecule has 3 aromatic rings. The average molecular weight is 238 g/mol. The molecule has 0 unspecified atom stereocenters. The summed E-state index contributed by atoms with van der Waals surface area (Å²) in [6, 6.07) is 11.0. The molecular weight excluding hydrogens is 228 g/mol. The molecule has 0 atom stereocenters. The first-order valence-corrected chi connectivity index (χ1v) is 5.44. The maximum Gasteiger partial charge on any atom is 0.249 e. The number of carbonyl (C=O) groups excluding carboxylic acids is 1. The lowest BCUT2D eigenvalue weighted by Crippen LogP contribution is -2.12. The van der Waals surface area contributed by atoms with E-state index in [1.807, 2.05) is 30.5 Å². The van der Waals surface area contributed by atoms with Crippen LogP contribution in [0.15, 0.2) is 48.9 Å². The van der Waals surface area contributed by atoms with Crippen molar-refractivity contribution in [2.45, 2.75) is 0 Å². The normalized spacial score (nSPS) is 10.7. The Bertz CT molecular complexity index is 732. The number of carbonyl (C=O) groups is 1. The molecule has 0 saturated heterocycles. The molecule has 2 aromatic heterocycles. The summed E-state index contributed by atoms with van der Waals surface area (Å²) in [6.45, 7) is 0. The van der Waals surface area contributed by atoms with Crippen molar-refractivity contribution in [3.05, 3.63) is 54.5 Å². The van der Waals surface area contributed by atoms with Crippen LogP contribution in [0.4, 0.5) is 0 Å². The van der Waals surface area contributed by atoms with E-state index >= 15 is 0 Å². The van der Waals surface area contributed by atoms with Crippen LogP contribution in [-0.2, 0) is 0 Å². The fourth-order valence-corrected chi connectivity index (χ4v) is 1.93. The Labute approximate surface area is 103 Å². The van der Waals surface area contributed by atoms with Gasteiger partial charge in [0.25, 0.3) is 0 Å². The highest BCUT2D eigenvalue weighted by Crippen LogP contribution is 2.23. The second-order valence-corrected chi connectivity index (χ2v) is 3.92. The van der Waals surface area contributed by atoms with E-state index in [0.29, 0.717) is 5.56 Å². The lowest BCUT2D eigenvalue weighted by molar-refractivity contribution is 0.100. The second-order valence-electron chi connectivity index (χ2n) is 3.92. The van der Waals surface area contributed by atoms with Gasteiger partial charge in [0, 0.05) is 11.8 Å². The van der Waals surface area contributed by atoms with Gasteiger partial charge in [0.2, 0.25) is 5.91 Å². The van der Waals surface area contributed by atoms with Gasteiger partial charge in [0.1, 0.15) is 6.33 Å². The number of amides is 1. The number of hydrogen-bond donors (Lipinski definition) is 1. The van der Waals surface area contributed by atoms with Crippen molar-refractivity contribution in [3.8, 4) is 11.1 Å². The van der Waals surface area contributed by atoms with Crippen LogP contribution < -0.4 is 5.73 Å². The van der Waals surface area contributed by atoms with E-state index in [-0.39, 0.29) is 0 Å². The number of nitrogens with two attached hydrogens (primary N) is 1. The first-order chi connectivity index (χ1) is 8.75. The van der Waals surface area contributed by atoms with Crippen molar-refractivity contribution in [3.63, 3.8) is 0 Å². The quantitative estimate of drug-likeness (QED) is 0.735. The third-order valence-corrected chi connectivity index (χ3v) is 2.80. The molecule has 0 saturated carbocycles. The molecule has 0 bridgehead atoms. The molecule has 1 aromatic carbocycles. The smallest absolute Gasteiger partial charge is 0.249 e. The fraction of sp³-hybridized carbons (Fsp3) is 0. The van der Waals surface area contributed by atoms with Gasteiger partial charge in [-0.1, -0.05) is 18.2 Å². The predicted molar refractivity (Wildman–Crippen MR) is 66.9 cm³/mol. The summed E-state index contributed by atoms with van der Waals surface area (Å²) in [4.78, 5) is 11.4. The largest absolute Gasteiger partial charge is 0.366 e. The van der Waals surface area contributed by atoms with Gasteiger partial charge in [-0.05, 0) is 29.3 Å². The third kappa shape index (κ3) is 1.62. The molecule has 5 nitrogen and oxygen atoms in total. The van der Waals surface area contributed by atoms with Gasteiger partial charge in [-0.3, -0.25) is 9.20 Å². The van der Waals surface area contributed by atoms with Gasteiger partial charge in [-0.25, -0.2) is 0 Å². The standard InChI is InChI=1S/C13H10N4O/c14-13(18)11-4-2-1-3-10(11)9-5-6-17-8-15-16-12(17)7-9/h1-8H,(H2,14,18). The van der Waals surface area contributed by atoms with Crippen LogP contribution in [0.3, 0.4) is 0 Å². The molecule has 88 valence electrons. The molecule has 0 spiro atoms. The third-order valence-electron chi connectivity index (χ3n) is 2.80. The van der Waals surface area contributed by atoms with E-state index in [1.54, 1.807) is 22.9 Å². The van der Waals surface area contributed by atoms with Crippen molar-refractivity contribution >= 4 is 11.6 Å². The lowest BCUT2D eigenvalue weighted by Gasteiger charge is -2.06. The Kier molecular flexibility index (Phi) is 2.30. The molecule has 18 heavy (non-hydrogen) atoms. The van der Waals surface area contributed by atoms with E-state index in [9.17, 15) is 4.79 Å². The topological polar surface area (TPSA) is 73.3 Å². The summed E-state index contributed by atoms with van der Waals surface area (Å²) in [6.07, 6.45) is 3.47. The number of fused-ring (bicyclic) bond motifs is 1. The molecule has 2 heterocycles. The Morgan fingerprint density at radius 3 is 2.89 bits per heavy atom. The van der Waals surface area contributed by atoms with Gasteiger partial charge in [-0.15, -0.1) is 10.2 Å². The van der Waals surface area contributed by atoms with Crippen molar-refractivity contribution in [1.29, 1.82) is 0 Å². The summed E-state index contributed by atoms with van der Waals surface area (Å²) < 4.78 is 1.80. The zero-order chi connectivity index (χ0) is 12.5. The summed E-state index contributed by atoms with van der Waals surface area (Å²) >= 11 is 0. The van der Waals surface area contributed by atoms with Crippen molar-refractivity contribution in [2.75, 3.05) is 0 Å². The molecule has 0 aliphatic rings. The molecule has 5 heteroatoms. The van der Waals surface area contributed by atoms with E-state index in [1.165, 1.54) is 0 Å². The Hall–Kier alpha value is -2.69. The first kappa shape index (κ1) is 10.5. The van der Waals surface area contributed by atoms with Gasteiger partial charge >= 0.3 is 0 Å². The maximum absolute atomic E-state index is 11.4. The Morgan fingerprint density at radius 1 is 1.22 bits per heavy atom. The average Bonchev–Trinajstić information content (AvgIpc) is 2.85. The van der Waals surface area contributed by atoms with Crippen LogP contribution in [0.1, 0.15) is 10.4 Å². The molecule has 0 radical (unpaired) electrons. The van der Waals surface area contributed by atoms with Crippen LogP contribution in [0.5, 0.6) is 0 Å². The summed E-state index contributed by atoms with van der Waals surface area (Å²) in [7, 11) is 0. The van der Waals surface area contributed by atoms with Crippen LogP contribution in [0, 0.1) is 0 Å². The van der Waals surface area contributed by atoms with E-state index in [0.717, 1.165) is 16.8 Å². The Balaban J connectivity index is 2.22. The minimum absolute atomic E-state index is 0.438. The maximum atomic E-state index is 11.4. The molecule has 1 amide bonds. The highest BCUT2D eigenvalue weighted by molar-refractivity contribution is 5.99. The molecule has 0 aliphatic carbocycles. The SMILES string of the molecule is NC(=O)c1ccccc1-c1ccn2cnnc2c1. The summed E-state index contributed by atoms with van der Waals surface area (Å²) in [5.41, 5.74) is 8.30. The van der Waals surface area contributed by atoms with E-state index in [2.05, 4.69) is 10.2 Å². The number of pyridine rings is 1. The monoisotopic (exact) mass is 238 g/mol. The van der Waals surface area contributed by atoms with Crippen LogP contribution in [-0.4, -0.2) is 20.5 Å².